The van der Waals surface area contributed by atoms with E-state index in [1.54, 1.807) is 0 Å². The van der Waals surface area contributed by atoms with E-state index in [-0.39, 0.29) is 34.0 Å². The first kappa shape index (κ1) is 25.0. The highest BCUT2D eigenvalue weighted by molar-refractivity contribution is 6.20. The summed E-state index contributed by atoms with van der Waals surface area (Å²) in [6, 6.07) is 0. The number of carbonyl (C=O) groups excluding carboxylic acids is 1. The molecule has 0 saturated heterocycles. The lowest BCUT2D eigenvalue weighted by atomic mass is 9.44. The van der Waals surface area contributed by atoms with Crippen molar-refractivity contribution in [3.05, 3.63) is 0 Å². The molecule has 0 unspecified atom stereocenters. The molecule has 4 saturated carbocycles. The number of ketones is 1. The van der Waals surface area contributed by atoms with Crippen LogP contribution in [0.2, 0.25) is 0 Å². The molecule has 0 spiro atoms. The summed E-state index contributed by atoms with van der Waals surface area (Å²) in [5.74, 6) is 3.24. The van der Waals surface area contributed by atoms with Crippen molar-refractivity contribution in [2.45, 2.75) is 110 Å². The van der Waals surface area contributed by atoms with Gasteiger partial charge in [0, 0.05) is 17.7 Å². The molecule has 12 atom stereocenters. The quantitative estimate of drug-likeness (QED) is 0.482. The zero-order valence-corrected chi connectivity index (χ0v) is 21.9. The van der Waals surface area contributed by atoms with Crippen LogP contribution < -0.4 is 0 Å². The Morgan fingerprint density at radius 3 is 2.19 bits per heavy atom. The van der Waals surface area contributed by atoms with Crippen LogP contribution in [0.1, 0.15) is 92.9 Å². The van der Waals surface area contributed by atoms with E-state index in [4.69, 9.17) is 11.6 Å². The van der Waals surface area contributed by atoms with Gasteiger partial charge in [0.2, 0.25) is 0 Å². The molecule has 0 heterocycles. The Kier molecular flexibility index (Phi) is 6.89. The Labute approximate surface area is 201 Å². The number of aliphatic hydroxyl groups excluding tert-OH is 2. The molecule has 0 amide bonds. The Morgan fingerprint density at radius 1 is 0.906 bits per heavy atom. The average molecular weight is 467 g/mol. The number of Topliss-reactive ketones (excluding diaryl/α,β-unsaturated/α-hetero) is 1. The number of fused-ring (bicyclic) bond motifs is 5. The average Bonchev–Trinajstić information content (AvgIpc) is 3.10. The molecule has 0 radical (unpaired) electrons. The summed E-state index contributed by atoms with van der Waals surface area (Å²) < 4.78 is 0. The van der Waals surface area contributed by atoms with Crippen molar-refractivity contribution < 1.29 is 15.0 Å². The van der Waals surface area contributed by atoms with Crippen LogP contribution in [0.4, 0.5) is 0 Å². The van der Waals surface area contributed by atoms with E-state index in [1.165, 1.54) is 19.3 Å². The van der Waals surface area contributed by atoms with Crippen molar-refractivity contribution in [3.63, 3.8) is 0 Å². The van der Waals surface area contributed by atoms with Gasteiger partial charge < -0.3 is 10.2 Å². The maximum absolute atomic E-state index is 13.3. The van der Waals surface area contributed by atoms with Crippen LogP contribution in [-0.2, 0) is 4.79 Å². The molecular weight excluding hydrogens is 420 g/mol. The van der Waals surface area contributed by atoms with Gasteiger partial charge in [-0.05, 0) is 97.2 Å². The molecule has 0 aromatic rings. The molecule has 0 aromatic carbocycles. The summed E-state index contributed by atoms with van der Waals surface area (Å²) in [4.78, 5) is 13.3. The topological polar surface area (TPSA) is 57.5 Å². The second-order valence-corrected chi connectivity index (χ2v) is 13.8. The van der Waals surface area contributed by atoms with Crippen molar-refractivity contribution in [2.75, 3.05) is 0 Å². The predicted molar refractivity (Wildman–Crippen MR) is 130 cm³/mol. The largest absolute Gasteiger partial charge is 0.390 e. The van der Waals surface area contributed by atoms with Gasteiger partial charge in [-0.2, -0.15) is 0 Å². The molecule has 4 aliphatic rings. The highest BCUT2D eigenvalue weighted by Gasteiger charge is 2.62. The van der Waals surface area contributed by atoms with E-state index < -0.39 is 12.2 Å². The summed E-state index contributed by atoms with van der Waals surface area (Å²) in [6.45, 7) is 13.3. The number of rotatable bonds is 5. The van der Waals surface area contributed by atoms with E-state index in [0.717, 1.165) is 32.1 Å². The summed E-state index contributed by atoms with van der Waals surface area (Å²) in [6.07, 6.45) is 7.08. The van der Waals surface area contributed by atoms with E-state index >= 15 is 0 Å². The number of hydrogen-bond acceptors (Lipinski definition) is 3. The number of alkyl halides is 1. The molecule has 0 aliphatic heterocycles. The van der Waals surface area contributed by atoms with Crippen LogP contribution in [0.5, 0.6) is 0 Å². The number of halogens is 1. The first-order chi connectivity index (χ1) is 14.9. The Balaban J connectivity index is 1.54. The first-order valence-electron chi connectivity index (χ1n) is 13.4. The van der Waals surface area contributed by atoms with Gasteiger partial charge in [0.05, 0.1) is 12.2 Å². The first-order valence-corrected chi connectivity index (χ1v) is 13.9. The number of aliphatic hydroxyl groups is 2. The monoisotopic (exact) mass is 466 g/mol. The Morgan fingerprint density at radius 2 is 1.53 bits per heavy atom. The van der Waals surface area contributed by atoms with Crippen LogP contribution >= 0.6 is 11.6 Å². The predicted octanol–water partition coefficient (Wildman–Crippen LogP) is 6.08. The zero-order valence-electron chi connectivity index (χ0n) is 21.2. The minimum Gasteiger partial charge on any atom is -0.390 e. The summed E-state index contributed by atoms with van der Waals surface area (Å²) in [5, 5.41) is 22.2. The van der Waals surface area contributed by atoms with Crippen LogP contribution in [0.3, 0.4) is 0 Å². The third-order valence-corrected chi connectivity index (χ3v) is 12.0. The SMILES string of the molecule is CC(C)[C@@H](C)[C@@H](O)[C@H](O)[C@@H](C)[C@H]1CC[C@H]2[C@@H]3CC(=O)[C@H]4C[C@@H](Cl)CC[C@]4(C)[C@H]3CC[C@]12C. The summed E-state index contributed by atoms with van der Waals surface area (Å²) in [5.41, 5.74) is 0.286. The third kappa shape index (κ3) is 3.81. The second-order valence-electron chi connectivity index (χ2n) is 13.1. The molecule has 3 nitrogen and oxygen atoms in total. The maximum Gasteiger partial charge on any atom is 0.136 e. The molecule has 4 aliphatic carbocycles. The van der Waals surface area contributed by atoms with E-state index in [2.05, 4.69) is 41.5 Å². The maximum atomic E-state index is 13.3. The lowest BCUT2D eigenvalue weighted by Crippen LogP contribution is -2.57. The van der Waals surface area contributed by atoms with Crippen molar-refractivity contribution in [1.82, 2.24) is 0 Å². The highest BCUT2D eigenvalue weighted by Crippen LogP contribution is 2.68. The number of carbonyl (C=O) groups is 1. The molecule has 184 valence electrons. The minimum atomic E-state index is -0.681. The molecular formula is C28H47ClO3. The standard InChI is InChI=1S/C28H47ClO3/c1-15(2)16(3)25(31)26(32)17(4)20-7-8-21-19-14-24(30)23-13-18(29)9-11-28(23,6)22(19)10-12-27(20,21)5/h15-23,25-26,31-32H,7-14H2,1-6H3/t16-,17+,18+,19+,20-,21+,22+,23-,25-,26-,27-,28-/m1/s1. The lowest BCUT2D eigenvalue weighted by molar-refractivity contribution is -0.156. The van der Waals surface area contributed by atoms with E-state index in [1.807, 2.05) is 0 Å². The fourth-order valence-corrected chi connectivity index (χ4v) is 9.44. The van der Waals surface area contributed by atoms with Gasteiger partial charge in [0.25, 0.3) is 0 Å². The molecule has 4 heteroatoms. The third-order valence-electron chi connectivity index (χ3n) is 11.6. The highest BCUT2D eigenvalue weighted by atomic mass is 35.5. The fourth-order valence-electron chi connectivity index (χ4n) is 9.15. The number of hydrogen-bond donors (Lipinski definition) is 2. The van der Waals surface area contributed by atoms with Gasteiger partial charge in [-0.1, -0.05) is 41.5 Å². The van der Waals surface area contributed by atoms with Crippen molar-refractivity contribution in [1.29, 1.82) is 0 Å². The lowest BCUT2D eigenvalue weighted by Gasteiger charge is -2.60. The van der Waals surface area contributed by atoms with Crippen LogP contribution in [0.15, 0.2) is 0 Å². The second kappa shape index (κ2) is 8.83. The van der Waals surface area contributed by atoms with Crippen LogP contribution in [0, 0.1) is 58.2 Å². The molecule has 4 rings (SSSR count). The van der Waals surface area contributed by atoms with Crippen LogP contribution in [0.25, 0.3) is 0 Å². The van der Waals surface area contributed by atoms with Gasteiger partial charge >= 0.3 is 0 Å². The molecule has 4 fully saturated rings. The smallest absolute Gasteiger partial charge is 0.136 e. The Bertz CT molecular complexity index is 709. The molecule has 0 bridgehead atoms. The van der Waals surface area contributed by atoms with Crippen LogP contribution in [-0.4, -0.2) is 33.6 Å². The van der Waals surface area contributed by atoms with Gasteiger partial charge in [-0.15, -0.1) is 11.6 Å². The van der Waals surface area contributed by atoms with Gasteiger partial charge in [0.15, 0.2) is 0 Å². The normalized spacial score (nSPS) is 47.9. The zero-order chi connectivity index (χ0) is 23.6. The minimum absolute atomic E-state index is 0.0760. The van der Waals surface area contributed by atoms with Gasteiger partial charge in [-0.25, -0.2) is 0 Å². The summed E-state index contributed by atoms with van der Waals surface area (Å²) in [7, 11) is 0. The van der Waals surface area contributed by atoms with Crippen molar-refractivity contribution in [2.24, 2.45) is 58.2 Å². The fraction of sp³-hybridized carbons (Fsp3) is 0.964. The molecule has 0 aromatic heterocycles. The summed E-state index contributed by atoms with van der Waals surface area (Å²) >= 11 is 6.50. The van der Waals surface area contributed by atoms with E-state index in [0.29, 0.717) is 35.4 Å². The van der Waals surface area contributed by atoms with Gasteiger partial charge in [-0.3, -0.25) is 4.79 Å². The molecule has 32 heavy (non-hydrogen) atoms. The van der Waals surface area contributed by atoms with Crippen molar-refractivity contribution >= 4 is 17.4 Å². The molecule has 2 N–H and O–H groups in total. The Hall–Kier alpha value is -0.120. The van der Waals surface area contributed by atoms with Gasteiger partial charge in [0.1, 0.15) is 5.78 Å². The van der Waals surface area contributed by atoms with E-state index in [9.17, 15) is 15.0 Å². The van der Waals surface area contributed by atoms with Crippen molar-refractivity contribution in [3.8, 4) is 0 Å².